The molecule has 0 fully saturated rings. The van der Waals surface area contributed by atoms with E-state index in [0.29, 0.717) is 11.3 Å². The molecule has 0 bridgehead atoms. The highest BCUT2D eigenvalue weighted by atomic mass is 16.2. The summed E-state index contributed by atoms with van der Waals surface area (Å²) in [6, 6.07) is 19.3. The van der Waals surface area contributed by atoms with Crippen LogP contribution in [0.25, 0.3) is 16.9 Å². The molecule has 0 saturated heterocycles. The summed E-state index contributed by atoms with van der Waals surface area (Å²) >= 11 is 0. The van der Waals surface area contributed by atoms with Gasteiger partial charge < -0.3 is 9.88 Å². The van der Waals surface area contributed by atoms with Crippen molar-refractivity contribution in [1.29, 1.82) is 0 Å². The van der Waals surface area contributed by atoms with E-state index in [1.165, 1.54) is 6.07 Å². The van der Waals surface area contributed by atoms with E-state index >= 15 is 0 Å². The number of nitrogens with one attached hydrogen (secondary N) is 1. The van der Waals surface area contributed by atoms with Crippen LogP contribution in [0.2, 0.25) is 0 Å². The highest BCUT2D eigenvalue weighted by molar-refractivity contribution is 6.09. The maximum atomic E-state index is 13.8. The van der Waals surface area contributed by atoms with E-state index in [1.807, 2.05) is 73.0 Å². The fraction of sp³-hybridized carbons (Fsp3) is 0.207. The summed E-state index contributed by atoms with van der Waals surface area (Å²) in [5.74, 6) is -0.416. The van der Waals surface area contributed by atoms with E-state index in [2.05, 4.69) is 24.1 Å². The first-order valence-corrected chi connectivity index (χ1v) is 11.6. The standard InChI is InChI=1S/C29H29N3O2/c1-5-21-9-7-10-22(6-2)27(21)31-29(34)26-25(33)17-20(4)32(24-14-12-19(3)13-15-24)28(26)23-11-8-16-30-18-23/h7-18H,5-6H2,1-4H3,(H,31,34). The normalized spacial score (nSPS) is 10.8. The van der Waals surface area contributed by atoms with Crippen molar-refractivity contribution in [1.82, 2.24) is 9.55 Å². The Hall–Kier alpha value is -3.99. The lowest BCUT2D eigenvalue weighted by Gasteiger charge is -2.21. The SMILES string of the molecule is CCc1cccc(CC)c1NC(=O)c1c(-c2cccnc2)n(-c2ccc(C)cc2)c(C)cc1=O. The highest BCUT2D eigenvalue weighted by Gasteiger charge is 2.24. The number of hydrogen-bond acceptors (Lipinski definition) is 3. The van der Waals surface area contributed by atoms with Gasteiger partial charge in [-0.3, -0.25) is 14.6 Å². The summed E-state index contributed by atoms with van der Waals surface area (Å²) in [4.78, 5) is 31.3. The van der Waals surface area contributed by atoms with Crippen molar-refractivity contribution in [3.05, 3.63) is 111 Å². The zero-order valence-corrected chi connectivity index (χ0v) is 20.1. The van der Waals surface area contributed by atoms with Crippen LogP contribution >= 0.6 is 0 Å². The average Bonchev–Trinajstić information content (AvgIpc) is 2.85. The molecule has 34 heavy (non-hydrogen) atoms. The van der Waals surface area contributed by atoms with Crippen molar-refractivity contribution in [2.45, 2.75) is 40.5 Å². The number of nitrogens with zero attached hydrogens (tertiary/aromatic N) is 2. The van der Waals surface area contributed by atoms with E-state index in [0.717, 1.165) is 46.6 Å². The molecule has 0 atom stereocenters. The quantitative estimate of drug-likeness (QED) is 0.397. The highest BCUT2D eigenvalue weighted by Crippen LogP contribution is 2.29. The summed E-state index contributed by atoms with van der Waals surface area (Å²) in [5, 5.41) is 3.08. The number of aromatic nitrogens is 2. The topological polar surface area (TPSA) is 64.0 Å². The van der Waals surface area contributed by atoms with Gasteiger partial charge in [-0.15, -0.1) is 0 Å². The van der Waals surface area contributed by atoms with E-state index in [-0.39, 0.29) is 11.0 Å². The van der Waals surface area contributed by atoms with E-state index in [4.69, 9.17) is 0 Å². The second-order valence-corrected chi connectivity index (χ2v) is 8.40. The first-order valence-electron chi connectivity index (χ1n) is 11.6. The first kappa shape index (κ1) is 23.2. The van der Waals surface area contributed by atoms with Gasteiger partial charge in [-0.05, 0) is 62.1 Å². The molecule has 0 unspecified atom stereocenters. The van der Waals surface area contributed by atoms with Gasteiger partial charge in [-0.2, -0.15) is 0 Å². The summed E-state index contributed by atoms with van der Waals surface area (Å²) < 4.78 is 1.96. The van der Waals surface area contributed by atoms with Crippen molar-refractivity contribution < 1.29 is 4.79 Å². The van der Waals surface area contributed by atoms with Crippen LogP contribution in [0.5, 0.6) is 0 Å². The van der Waals surface area contributed by atoms with E-state index in [1.54, 1.807) is 12.4 Å². The Labute approximate surface area is 200 Å². The molecule has 5 nitrogen and oxygen atoms in total. The van der Waals surface area contributed by atoms with Crippen LogP contribution in [0.15, 0.2) is 77.9 Å². The van der Waals surface area contributed by atoms with Gasteiger partial charge >= 0.3 is 0 Å². The zero-order chi connectivity index (χ0) is 24.2. The monoisotopic (exact) mass is 451 g/mol. The number of hydrogen-bond donors (Lipinski definition) is 1. The number of rotatable bonds is 6. The maximum absolute atomic E-state index is 13.8. The van der Waals surface area contributed by atoms with Crippen LogP contribution in [0.1, 0.15) is 46.6 Å². The Morgan fingerprint density at radius 3 is 2.21 bits per heavy atom. The van der Waals surface area contributed by atoms with Crippen LogP contribution in [0.4, 0.5) is 5.69 Å². The molecule has 0 aliphatic rings. The molecule has 0 radical (unpaired) electrons. The van der Waals surface area contributed by atoms with Gasteiger partial charge in [0.05, 0.1) is 5.69 Å². The number of carbonyl (C=O) groups is 1. The van der Waals surface area contributed by atoms with Crippen LogP contribution in [-0.4, -0.2) is 15.5 Å². The molecule has 172 valence electrons. The lowest BCUT2D eigenvalue weighted by molar-refractivity contribution is 0.102. The Kier molecular flexibility index (Phi) is 6.73. The van der Waals surface area contributed by atoms with Crippen LogP contribution in [-0.2, 0) is 12.8 Å². The maximum Gasteiger partial charge on any atom is 0.261 e. The first-order chi connectivity index (χ1) is 16.4. The van der Waals surface area contributed by atoms with Gasteiger partial charge in [-0.1, -0.05) is 49.7 Å². The van der Waals surface area contributed by atoms with Crippen LogP contribution < -0.4 is 10.7 Å². The fourth-order valence-corrected chi connectivity index (χ4v) is 4.33. The van der Waals surface area contributed by atoms with Gasteiger partial charge in [0.25, 0.3) is 5.91 Å². The Balaban J connectivity index is 1.97. The molecule has 2 heterocycles. The molecule has 1 N–H and O–H groups in total. The minimum atomic E-state index is -0.416. The molecule has 1 amide bonds. The average molecular weight is 452 g/mol. The molecular formula is C29H29N3O2. The second-order valence-electron chi connectivity index (χ2n) is 8.40. The van der Waals surface area contributed by atoms with Crippen molar-refractivity contribution in [2.75, 3.05) is 5.32 Å². The van der Waals surface area contributed by atoms with Gasteiger partial charge in [0.15, 0.2) is 5.43 Å². The van der Waals surface area contributed by atoms with Gasteiger partial charge in [0.2, 0.25) is 0 Å². The van der Waals surface area contributed by atoms with Crippen LogP contribution in [0.3, 0.4) is 0 Å². The molecule has 0 spiro atoms. The minimum absolute atomic E-state index is 0.104. The van der Waals surface area contributed by atoms with Crippen molar-refractivity contribution >= 4 is 11.6 Å². The molecule has 0 saturated carbocycles. The Morgan fingerprint density at radius 1 is 0.941 bits per heavy atom. The summed E-state index contributed by atoms with van der Waals surface area (Å²) in [6.45, 7) is 8.02. The zero-order valence-electron chi connectivity index (χ0n) is 20.1. The van der Waals surface area contributed by atoms with Crippen molar-refractivity contribution in [3.8, 4) is 16.9 Å². The van der Waals surface area contributed by atoms with E-state index in [9.17, 15) is 9.59 Å². The number of amides is 1. The summed E-state index contributed by atoms with van der Waals surface area (Å²) in [7, 11) is 0. The Morgan fingerprint density at radius 2 is 1.62 bits per heavy atom. The fourth-order valence-electron chi connectivity index (χ4n) is 4.33. The molecule has 2 aromatic heterocycles. The molecule has 4 aromatic rings. The number of para-hydroxylation sites is 1. The van der Waals surface area contributed by atoms with Gasteiger partial charge in [0.1, 0.15) is 5.56 Å². The third-order valence-corrected chi connectivity index (χ3v) is 6.09. The van der Waals surface area contributed by atoms with Gasteiger partial charge in [0, 0.05) is 41.1 Å². The summed E-state index contributed by atoms with van der Waals surface area (Å²) in [6.07, 6.45) is 4.92. The number of benzene rings is 2. The van der Waals surface area contributed by atoms with Gasteiger partial charge in [-0.25, -0.2) is 0 Å². The minimum Gasteiger partial charge on any atom is -0.321 e. The molecule has 0 aliphatic carbocycles. The number of anilines is 1. The number of aryl methyl sites for hydroxylation is 4. The molecule has 4 rings (SSSR count). The third-order valence-electron chi connectivity index (χ3n) is 6.09. The smallest absolute Gasteiger partial charge is 0.261 e. The lowest BCUT2D eigenvalue weighted by atomic mass is 10.0. The molecule has 5 heteroatoms. The Bertz CT molecular complexity index is 1370. The lowest BCUT2D eigenvalue weighted by Crippen LogP contribution is -2.27. The predicted octanol–water partition coefficient (Wildman–Crippen LogP) is 5.89. The largest absolute Gasteiger partial charge is 0.321 e. The van der Waals surface area contributed by atoms with Crippen molar-refractivity contribution in [3.63, 3.8) is 0 Å². The number of carbonyl (C=O) groups excluding carboxylic acids is 1. The molecule has 2 aromatic carbocycles. The van der Waals surface area contributed by atoms with Crippen LogP contribution in [0, 0.1) is 13.8 Å². The molecule has 0 aliphatic heterocycles. The molecular weight excluding hydrogens is 422 g/mol. The second kappa shape index (κ2) is 9.87. The van der Waals surface area contributed by atoms with Crippen molar-refractivity contribution in [2.24, 2.45) is 0 Å². The predicted molar refractivity (Wildman–Crippen MR) is 138 cm³/mol. The summed E-state index contributed by atoms with van der Waals surface area (Å²) in [5.41, 5.74) is 6.65. The third kappa shape index (κ3) is 4.42. The number of pyridine rings is 2. The van der Waals surface area contributed by atoms with E-state index < -0.39 is 5.91 Å².